The van der Waals surface area contributed by atoms with E-state index in [-0.39, 0.29) is 12.4 Å². The molecule has 0 fully saturated rings. The van der Waals surface area contributed by atoms with Crippen molar-refractivity contribution in [3.8, 4) is 17.0 Å². The number of aromatic nitrogens is 1. The number of halogens is 1. The first-order valence-corrected chi connectivity index (χ1v) is 7.45. The minimum Gasteiger partial charge on any atom is -0.489 e. The average molecular weight is 342 g/mol. The molecule has 1 aromatic heterocycles. The number of benzene rings is 2. The zero-order chi connectivity index (χ0) is 17.6. The largest absolute Gasteiger partial charge is 0.489 e. The summed E-state index contributed by atoms with van der Waals surface area (Å²) >= 11 is 0. The molecule has 1 heterocycles. The van der Waals surface area contributed by atoms with Gasteiger partial charge in [0.1, 0.15) is 23.9 Å². The van der Waals surface area contributed by atoms with Crippen LogP contribution >= 0.6 is 0 Å². The predicted octanol–water partition coefficient (Wildman–Crippen LogP) is 3.66. The molecule has 0 spiro atoms. The van der Waals surface area contributed by atoms with Crippen molar-refractivity contribution in [2.75, 3.05) is 0 Å². The number of ether oxygens (including phenoxy) is 2. The lowest BCUT2D eigenvalue weighted by atomic mass is 10.1. The fraction of sp³-hybridized carbons (Fsp3) is 0.111. The molecule has 0 saturated heterocycles. The Morgan fingerprint density at radius 1 is 1.08 bits per heavy atom. The molecule has 3 aromatic rings. The third-order valence-electron chi connectivity index (χ3n) is 3.38. The number of amides is 1. The molecule has 0 aliphatic heterocycles. The molecule has 0 aliphatic rings. The summed E-state index contributed by atoms with van der Waals surface area (Å²) in [6.07, 6.45) is -0.874. The Kier molecular flexibility index (Phi) is 4.94. The second kappa shape index (κ2) is 7.48. The predicted molar refractivity (Wildman–Crippen MR) is 87.0 cm³/mol. The molecule has 0 radical (unpaired) electrons. The summed E-state index contributed by atoms with van der Waals surface area (Å²) in [4.78, 5) is 10.6. The highest BCUT2D eigenvalue weighted by Gasteiger charge is 2.08. The van der Waals surface area contributed by atoms with Gasteiger partial charge in [-0.05, 0) is 42.0 Å². The molecule has 7 heteroatoms. The Labute approximate surface area is 142 Å². The van der Waals surface area contributed by atoms with Gasteiger partial charge in [-0.3, -0.25) is 0 Å². The Bertz CT molecular complexity index is 844. The summed E-state index contributed by atoms with van der Waals surface area (Å²) < 4.78 is 28.2. The van der Waals surface area contributed by atoms with Gasteiger partial charge < -0.3 is 19.7 Å². The molecule has 2 N–H and O–H groups in total. The number of nitrogens with two attached hydrogens (primary N) is 1. The van der Waals surface area contributed by atoms with Crippen LogP contribution in [0.25, 0.3) is 11.3 Å². The van der Waals surface area contributed by atoms with Crippen LogP contribution in [0.1, 0.15) is 11.3 Å². The maximum atomic E-state index is 12.9. The molecule has 0 saturated carbocycles. The molecule has 1 amide bonds. The van der Waals surface area contributed by atoms with Crippen LogP contribution in [0, 0.1) is 5.82 Å². The summed E-state index contributed by atoms with van der Waals surface area (Å²) in [5, 5.41) is 3.91. The van der Waals surface area contributed by atoms with E-state index in [4.69, 9.17) is 15.0 Å². The molecule has 0 unspecified atom stereocenters. The SMILES string of the molecule is NC(=O)OCc1cc(-c2ccc(OCc3ccc(F)cc3)cc2)no1. The number of carbonyl (C=O) groups is 1. The van der Waals surface area contributed by atoms with E-state index in [0.29, 0.717) is 23.8 Å². The lowest BCUT2D eigenvalue weighted by Crippen LogP contribution is -2.12. The molecule has 0 bridgehead atoms. The Morgan fingerprint density at radius 2 is 1.80 bits per heavy atom. The van der Waals surface area contributed by atoms with E-state index in [1.54, 1.807) is 30.3 Å². The molecule has 6 nitrogen and oxygen atoms in total. The van der Waals surface area contributed by atoms with Gasteiger partial charge in [-0.1, -0.05) is 17.3 Å². The standard InChI is InChI=1S/C18H15FN2O4/c19-14-5-1-12(2-6-14)10-23-15-7-3-13(4-8-15)17-9-16(25-21-17)11-24-18(20)22/h1-9H,10-11H2,(H2,20,22). The van der Waals surface area contributed by atoms with Gasteiger partial charge in [-0.15, -0.1) is 0 Å². The third kappa shape index (κ3) is 4.57. The molecular formula is C18H15FN2O4. The maximum Gasteiger partial charge on any atom is 0.404 e. The van der Waals surface area contributed by atoms with Crippen LogP contribution in [0.2, 0.25) is 0 Å². The van der Waals surface area contributed by atoms with Gasteiger partial charge in [0.05, 0.1) is 0 Å². The quantitative estimate of drug-likeness (QED) is 0.739. The summed E-state index contributed by atoms with van der Waals surface area (Å²) in [5.41, 5.74) is 7.20. The van der Waals surface area contributed by atoms with Crippen LogP contribution in [0.3, 0.4) is 0 Å². The first kappa shape index (κ1) is 16.5. The number of rotatable bonds is 6. The van der Waals surface area contributed by atoms with Crippen molar-refractivity contribution in [3.63, 3.8) is 0 Å². The second-order valence-corrected chi connectivity index (χ2v) is 5.23. The van der Waals surface area contributed by atoms with E-state index in [9.17, 15) is 9.18 Å². The van der Waals surface area contributed by atoms with E-state index in [0.717, 1.165) is 11.1 Å². The van der Waals surface area contributed by atoms with E-state index < -0.39 is 6.09 Å². The van der Waals surface area contributed by atoms with Crippen molar-refractivity contribution in [2.24, 2.45) is 5.73 Å². The Morgan fingerprint density at radius 3 is 2.48 bits per heavy atom. The highest BCUT2D eigenvalue weighted by atomic mass is 19.1. The molecule has 0 atom stereocenters. The van der Waals surface area contributed by atoms with Crippen molar-refractivity contribution in [2.45, 2.75) is 13.2 Å². The number of hydrogen-bond donors (Lipinski definition) is 1. The highest BCUT2D eigenvalue weighted by Crippen LogP contribution is 2.23. The summed E-state index contributed by atoms with van der Waals surface area (Å²) in [6, 6.07) is 15.1. The number of hydrogen-bond acceptors (Lipinski definition) is 5. The monoisotopic (exact) mass is 342 g/mol. The summed E-state index contributed by atoms with van der Waals surface area (Å²) in [5.74, 6) is 0.792. The number of carbonyl (C=O) groups excluding carboxylic acids is 1. The van der Waals surface area contributed by atoms with Crippen molar-refractivity contribution in [1.82, 2.24) is 5.16 Å². The number of primary amides is 1. The van der Waals surface area contributed by atoms with Crippen LogP contribution in [-0.4, -0.2) is 11.2 Å². The van der Waals surface area contributed by atoms with Gasteiger partial charge in [-0.25, -0.2) is 9.18 Å². The van der Waals surface area contributed by atoms with Crippen molar-refractivity contribution in [1.29, 1.82) is 0 Å². The smallest absolute Gasteiger partial charge is 0.404 e. The zero-order valence-electron chi connectivity index (χ0n) is 13.1. The van der Waals surface area contributed by atoms with E-state index in [1.165, 1.54) is 12.1 Å². The van der Waals surface area contributed by atoms with Crippen LogP contribution < -0.4 is 10.5 Å². The summed E-state index contributed by atoms with van der Waals surface area (Å²) in [6.45, 7) is 0.277. The first-order chi connectivity index (χ1) is 12.1. The minimum atomic E-state index is -0.874. The minimum absolute atomic E-state index is 0.0683. The van der Waals surface area contributed by atoms with Crippen LogP contribution in [0.4, 0.5) is 9.18 Å². The highest BCUT2D eigenvalue weighted by molar-refractivity contribution is 5.64. The Balaban J connectivity index is 1.60. The Hall–Kier alpha value is -3.35. The zero-order valence-corrected chi connectivity index (χ0v) is 13.1. The maximum absolute atomic E-state index is 12.9. The van der Waals surface area contributed by atoms with E-state index in [1.807, 2.05) is 12.1 Å². The van der Waals surface area contributed by atoms with Gasteiger partial charge in [0.25, 0.3) is 0 Å². The molecule has 128 valence electrons. The molecule has 0 aliphatic carbocycles. The normalized spacial score (nSPS) is 10.4. The van der Waals surface area contributed by atoms with Crippen LogP contribution in [0.5, 0.6) is 5.75 Å². The van der Waals surface area contributed by atoms with Crippen molar-refractivity contribution in [3.05, 3.63) is 71.7 Å². The van der Waals surface area contributed by atoms with Crippen LogP contribution in [0.15, 0.2) is 59.1 Å². The molecule has 25 heavy (non-hydrogen) atoms. The van der Waals surface area contributed by atoms with Crippen molar-refractivity contribution < 1.29 is 23.2 Å². The third-order valence-corrected chi connectivity index (χ3v) is 3.38. The second-order valence-electron chi connectivity index (χ2n) is 5.23. The fourth-order valence-electron chi connectivity index (χ4n) is 2.13. The van der Waals surface area contributed by atoms with Gasteiger partial charge in [0.15, 0.2) is 12.4 Å². The van der Waals surface area contributed by atoms with E-state index >= 15 is 0 Å². The lowest BCUT2D eigenvalue weighted by Gasteiger charge is -2.06. The summed E-state index contributed by atoms with van der Waals surface area (Å²) in [7, 11) is 0. The first-order valence-electron chi connectivity index (χ1n) is 7.45. The molecular weight excluding hydrogens is 327 g/mol. The van der Waals surface area contributed by atoms with Gasteiger partial charge in [0, 0.05) is 11.6 Å². The van der Waals surface area contributed by atoms with Crippen LogP contribution in [-0.2, 0) is 18.0 Å². The topological polar surface area (TPSA) is 87.6 Å². The fourth-order valence-corrected chi connectivity index (χ4v) is 2.13. The average Bonchev–Trinajstić information content (AvgIpc) is 3.09. The van der Waals surface area contributed by atoms with Gasteiger partial charge in [0.2, 0.25) is 0 Å². The molecule has 2 aromatic carbocycles. The number of nitrogens with zero attached hydrogens (tertiary/aromatic N) is 1. The molecule has 3 rings (SSSR count). The van der Waals surface area contributed by atoms with Gasteiger partial charge in [-0.2, -0.15) is 0 Å². The van der Waals surface area contributed by atoms with Crippen molar-refractivity contribution >= 4 is 6.09 Å². The van der Waals surface area contributed by atoms with Gasteiger partial charge >= 0.3 is 6.09 Å². The lowest BCUT2D eigenvalue weighted by molar-refractivity contribution is 0.137. The van der Waals surface area contributed by atoms with E-state index in [2.05, 4.69) is 9.89 Å².